The molecule has 2 aliphatic carbocycles. The van der Waals surface area contributed by atoms with Crippen molar-refractivity contribution >= 4 is 17.3 Å². The molecule has 2 saturated carbocycles. The van der Waals surface area contributed by atoms with Gasteiger partial charge in [0.2, 0.25) is 5.91 Å². The number of halogens is 1. The first-order valence-corrected chi connectivity index (χ1v) is 13.5. The van der Waals surface area contributed by atoms with Crippen LogP contribution in [-0.2, 0) is 4.79 Å². The summed E-state index contributed by atoms with van der Waals surface area (Å²) in [6, 6.07) is 12.4. The van der Waals surface area contributed by atoms with Gasteiger partial charge in [-0.2, -0.15) is 0 Å². The molecular formula is C29H38FN3O3. The van der Waals surface area contributed by atoms with Crippen molar-refractivity contribution in [3.63, 3.8) is 0 Å². The molecule has 0 spiro atoms. The molecule has 194 valence electrons. The molecule has 2 atom stereocenters. The van der Waals surface area contributed by atoms with Gasteiger partial charge in [0.1, 0.15) is 12.4 Å². The minimum Gasteiger partial charge on any atom is -0.493 e. The van der Waals surface area contributed by atoms with Crippen molar-refractivity contribution in [2.75, 3.05) is 24.4 Å². The summed E-state index contributed by atoms with van der Waals surface area (Å²) >= 11 is 0. The van der Waals surface area contributed by atoms with Crippen LogP contribution in [0.3, 0.4) is 0 Å². The summed E-state index contributed by atoms with van der Waals surface area (Å²) in [7, 11) is 1.62. The normalized spacial score (nSPS) is 23.2. The van der Waals surface area contributed by atoms with Gasteiger partial charge in [-0.1, -0.05) is 50.7 Å². The molecule has 6 nitrogen and oxygen atoms in total. The van der Waals surface area contributed by atoms with Gasteiger partial charge >= 0.3 is 0 Å². The predicted octanol–water partition coefficient (Wildman–Crippen LogP) is 6.09. The molecule has 7 heteroatoms. The number of hydrogen-bond donors (Lipinski definition) is 3. The molecule has 0 bridgehead atoms. The van der Waals surface area contributed by atoms with Gasteiger partial charge in [0.15, 0.2) is 17.2 Å². The Morgan fingerprint density at radius 3 is 2.36 bits per heavy atom. The maximum atomic E-state index is 14.2. The van der Waals surface area contributed by atoms with Crippen LogP contribution in [0.5, 0.6) is 11.5 Å². The van der Waals surface area contributed by atoms with Crippen LogP contribution in [0.2, 0.25) is 0 Å². The molecule has 2 fully saturated rings. The molecule has 36 heavy (non-hydrogen) atoms. The van der Waals surface area contributed by atoms with Gasteiger partial charge in [-0.05, 0) is 61.9 Å². The molecule has 5 rings (SSSR count). The number of para-hydroxylation sites is 2. The lowest BCUT2D eigenvalue weighted by molar-refractivity contribution is -0.130. The van der Waals surface area contributed by atoms with Gasteiger partial charge in [0.25, 0.3) is 0 Å². The van der Waals surface area contributed by atoms with Gasteiger partial charge in [-0.3, -0.25) is 4.79 Å². The summed E-state index contributed by atoms with van der Waals surface area (Å²) in [4.78, 5) is 14.1. The van der Waals surface area contributed by atoms with E-state index in [0.29, 0.717) is 17.2 Å². The molecule has 2 aromatic rings. The van der Waals surface area contributed by atoms with Gasteiger partial charge in [0.05, 0.1) is 24.4 Å². The lowest BCUT2D eigenvalue weighted by atomic mass is 9.73. The first-order chi connectivity index (χ1) is 17.6. The minimum absolute atomic E-state index is 0.0608. The number of ether oxygens (including phenoxy) is 2. The van der Waals surface area contributed by atoms with Crippen LogP contribution < -0.4 is 25.4 Å². The molecule has 0 aromatic heterocycles. The second kappa shape index (κ2) is 11.0. The quantitative estimate of drug-likeness (QED) is 0.413. The van der Waals surface area contributed by atoms with Crippen LogP contribution in [0.4, 0.5) is 15.8 Å². The number of rotatable bonds is 8. The minimum atomic E-state index is -0.919. The second-order valence-electron chi connectivity index (χ2n) is 10.6. The smallest absolute Gasteiger partial charge is 0.228 e. The summed E-state index contributed by atoms with van der Waals surface area (Å²) in [6.45, 7) is 0.183. The van der Waals surface area contributed by atoms with Crippen molar-refractivity contribution in [2.24, 2.45) is 11.8 Å². The molecule has 1 aliphatic heterocycles. The maximum Gasteiger partial charge on any atom is 0.228 e. The van der Waals surface area contributed by atoms with Crippen LogP contribution in [-0.4, -0.2) is 31.3 Å². The lowest BCUT2D eigenvalue weighted by Crippen LogP contribution is -2.61. The highest BCUT2D eigenvalue weighted by Crippen LogP contribution is 2.45. The number of anilines is 2. The van der Waals surface area contributed by atoms with Crippen molar-refractivity contribution < 1.29 is 18.7 Å². The van der Waals surface area contributed by atoms with E-state index in [-0.39, 0.29) is 36.2 Å². The number of methoxy groups -OCH3 is 1. The van der Waals surface area contributed by atoms with Crippen LogP contribution in [0.1, 0.15) is 64.2 Å². The Kier molecular flexibility index (Phi) is 7.54. The Hall–Kier alpha value is -2.96. The van der Waals surface area contributed by atoms with Crippen LogP contribution in [0.25, 0.3) is 0 Å². The molecule has 0 saturated heterocycles. The first-order valence-electron chi connectivity index (χ1n) is 13.5. The van der Waals surface area contributed by atoms with Crippen molar-refractivity contribution in [3.8, 4) is 11.5 Å². The molecule has 3 N–H and O–H groups in total. The molecule has 0 radical (unpaired) electrons. The zero-order valence-electron chi connectivity index (χ0n) is 21.2. The third-order valence-corrected chi connectivity index (χ3v) is 8.11. The largest absolute Gasteiger partial charge is 0.493 e. The lowest BCUT2D eigenvalue weighted by Gasteiger charge is -2.43. The van der Waals surface area contributed by atoms with Gasteiger partial charge in [-0.15, -0.1) is 0 Å². The molecule has 1 heterocycles. The zero-order chi connectivity index (χ0) is 25.0. The number of benzene rings is 2. The van der Waals surface area contributed by atoms with Crippen LogP contribution >= 0.6 is 0 Å². The van der Waals surface area contributed by atoms with E-state index in [1.807, 2.05) is 24.3 Å². The molecule has 1 amide bonds. The Morgan fingerprint density at radius 2 is 1.64 bits per heavy atom. The second-order valence-corrected chi connectivity index (χ2v) is 10.6. The Labute approximate surface area is 213 Å². The number of amides is 1. The highest BCUT2D eigenvalue weighted by atomic mass is 19.1. The fraction of sp³-hybridized carbons (Fsp3) is 0.552. The molecule has 2 aromatic carbocycles. The third kappa shape index (κ3) is 5.25. The fourth-order valence-corrected chi connectivity index (χ4v) is 6.33. The summed E-state index contributed by atoms with van der Waals surface area (Å²) in [5.74, 6) is 0.805. The number of carbonyl (C=O) groups is 1. The maximum absolute atomic E-state index is 14.2. The van der Waals surface area contributed by atoms with Crippen LogP contribution in [0, 0.1) is 17.7 Å². The van der Waals surface area contributed by atoms with Crippen molar-refractivity contribution in [1.82, 2.24) is 5.32 Å². The average molecular weight is 496 g/mol. The van der Waals surface area contributed by atoms with E-state index >= 15 is 0 Å². The van der Waals surface area contributed by atoms with Crippen molar-refractivity contribution in [2.45, 2.75) is 75.9 Å². The van der Waals surface area contributed by atoms with E-state index in [4.69, 9.17) is 9.47 Å². The SMILES string of the molecule is COc1ccccc1OCC1(C(C(=O)NC2CCCCC2)C2CCCCC2)Nc2ccc(F)cc2N1. The summed E-state index contributed by atoms with van der Waals surface area (Å²) in [6.07, 6.45) is 11.0. The predicted molar refractivity (Wildman–Crippen MR) is 140 cm³/mol. The summed E-state index contributed by atoms with van der Waals surface area (Å²) in [5, 5.41) is 10.5. The van der Waals surface area contributed by atoms with Crippen molar-refractivity contribution in [3.05, 3.63) is 48.3 Å². The number of fused-ring (bicyclic) bond motifs is 1. The number of carbonyl (C=O) groups excluding carboxylic acids is 1. The standard InChI is InChI=1S/C29H38FN3O3/c1-35-25-14-8-9-15-26(25)36-19-29(32-23-17-16-21(30)18-24(23)33-29)27(20-10-4-2-5-11-20)28(34)31-22-12-6-3-7-13-22/h8-9,14-18,20,22,27,32-33H,2-7,10-13,19H2,1H3,(H,31,34). The van der Waals surface area contributed by atoms with E-state index in [1.165, 1.54) is 25.0 Å². The zero-order valence-corrected chi connectivity index (χ0v) is 21.2. The Bertz CT molecular complexity index is 1050. The summed E-state index contributed by atoms with van der Waals surface area (Å²) in [5.41, 5.74) is 0.522. The van der Waals surface area contributed by atoms with Crippen LogP contribution in [0.15, 0.2) is 42.5 Å². The topological polar surface area (TPSA) is 71.6 Å². The fourth-order valence-electron chi connectivity index (χ4n) is 6.33. The summed E-state index contributed by atoms with van der Waals surface area (Å²) < 4.78 is 26.1. The molecule has 3 aliphatic rings. The van der Waals surface area contributed by atoms with Crippen molar-refractivity contribution in [1.29, 1.82) is 0 Å². The monoisotopic (exact) mass is 495 g/mol. The molecule has 2 unspecified atom stereocenters. The number of hydrogen-bond acceptors (Lipinski definition) is 5. The van der Waals surface area contributed by atoms with Gasteiger partial charge in [-0.25, -0.2) is 4.39 Å². The van der Waals surface area contributed by atoms with E-state index in [2.05, 4.69) is 16.0 Å². The first kappa shape index (κ1) is 24.7. The van der Waals surface area contributed by atoms with E-state index < -0.39 is 5.66 Å². The third-order valence-electron chi connectivity index (χ3n) is 8.11. The highest BCUT2D eigenvalue weighted by molar-refractivity contribution is 5.86. The highest BCUT2D eigenvalue weighted by Gasteiger charge is 2.51. The average Bonchev–Trinajstić information content (AvgIpc) is 3.27. The molecular weight excluding hydrogens is 457 g/mol. The Balaban J connectivity index is 1.49. The van der Waals surface area contributed by atoms with Gasteiger partial charge < -0.3 is 25.4 Å². The van der Waals surface area contributed by atoms with E-state index in [0.717, 1.165) is 57.1 Å². The van der Waals surface area contributed by atoms with Gasteiger partial charge in [0, 0.05) is 6.04 Å². The Morgan fingerprint density at radius 1 is 0.972 bits per heavy atom. The van der Waals surface area contributed by atoms with E-state index in [9.17, 15) is 9.18 Å². The van der Waals surface area contributed by atoms with E-state index in [1.54, 1.807) is 13.2 Å². The number of nitrogens with one attached hydrogen (secondary N) is 3.